The average molecular weight is 143 g/mol. The topological polar surface area (TPSA) is 49.7 Å². The molecule has 0 aliphatic heterocycles. The van der Waals surface area contributed by atoms with Gasteiger partial charge in [-0.3, -0.25) is 0 Å². The molecule has 0 aromatic carbocycles. The SMILES string of the molecule is CCO[Si](O)(O)Cl. The maximum absolute atomic E-state index is 8.26. The predicted octanol–water partition coefficient (Wildman–Crippen LogP) is -0.318. The molecule has 7 heavy (non-hydrogen) atoms. The van der Waals surface area contributed by atoms with Crippen LogP contribution < -0.4 is 0 Å². The third-order valence-electron chi connectivity index (χ3n) is 0.328. The van der Waals surface area contributed by atoms with Crippen LogP contribution >= 0.6 is 11.1 Å². The minimum absolute atomic E-state index is 0.239. The highest BCUT2D eigenvalue weighted by Crippen LogP contribution is 1.98. The third-order valence-corrected chi connectivity index (χ3v) is 1.31. The lowest BCUT2D eigenvalue weighted by Crippen LogP contribution is -2.31. The van der Waals surface area contributed by atoms with Gasteiger partial charge < -0.3 is 14.0 Å². The van der Waals surface area contributed by atoms with Crippen LogP contribution in [0.4, 0.5) is 0 Å². The molecule has 0 atom stereocenters. The second kappa shape index (κ2) is 2.63. The van der Waals surface area contributed by atoms with Gasteiger partial charge in [-0.2, -0.15) is 0 Å². The zero-order chi connectivity index (χ0) is 5.91. The van der Waals surface area contributed by atoms with Crippen LogP contribution in [0.25, 0.3) is 0 Å². The minimum atomic E-state index is -3.68. The second-order valence-electron chi connectivity index (χ2n) is 0.962. The molecule has 0 saturated heterocycles. The van der Waals surface area contributed by atoms with Crippen molar-refractivity contribution in [3.05, 3.63) is 0 Å². The number of halogens is 1. The Bertz CT molecular complexity index is 51.4. The molecule has 0 radical (unpaired) electrons. The van der Waals surface area contributed by atoms with Crippen molar-refractivity contribution in [2.45, 2.75) is 6.92 Å². The Labute approximate surface area is 47.6 Å². The van der Waals surface area contributed by atoms with Gasteiger partial charge in [-0.05, 0) is 6.92 Å². The molecule has 0 rings (SSSR count). The minimum Gasteiger partial charge on any atom is -0.378 e. The summed E-state index contributed by atoms with van der Waals surface area (Å²) in [5.74, 6) is 0. The number of hydrogen-bond acceptors (Lipinski definition) is 3. The molecule has 44 valence electrons. The second-order valence-corrected chi connectivity index (χ2v) is 3.79. The summed E-state index contributed by atoms with van der Waals surface area (Å²) in [7, 11) is -3.68. The summed E-state index contributed by atoms with van der Waals surface area (Å²) in [6, 6.07) is 0. The predicted molar refractivity (Wildman–Crippen MR) is 27.7 cm³/mol. The molecule has 0 aliphatic carbocycles. The van der Waals surface area contributed by atoms with E-state index in [9.17, 15) is 0 Å². The van der Waals surface area contributed by atoms with Crippen molar-refractivity contribution in [2.24, 2.45) is 0 Å². The first-order chi connectivity index (χ1) is 3.06. The summed E-state index contributed by atoms with van der Waals surface area (Å²) < 4.78 is 4.24. The van der Waals surface area contributed by atoms with E-state index < -0.39 is 8.11 Å². The van der Waals surface area contributed by atoms with Crippen LogP contribution in [0.3, 0.4) is 0 Å². The van der Waals surface area contributed by atoms with Crippen molar-refractivity contribution in [3.8, 4) is 0 Å². The first-order valence-corrected chi connectivity index (χ1v) is 4.65. The van der Waals surface area contributed by atoms with Crippen LogP contribution in [0.15, 0.2) is 0 Å². The monoisotopic (exact) mass is 142 g/mol. The van der Waals surface area contributed by atoms with Gasteiger partial charge in [0.15, 0.2) is 0 Å². The summed E-state index contributed by atoms with van der Waals surface area (Å²) in [6.45, 7) is 1.87. The summed E-state index contributed by atoms with van der Waals surface area (Å²) in [4.78, 5) is 16.5. The van der Waals surface area contributed by atoms with Crippen molar-refractivity contribution in [1.82, 2.24) is 0 Å². The Balaban J connectivity index is 3.15. The largest absolute Gasteiger partial charge is 0.607 e. The average Bonchev–Trinajstić information content (AvgIpc) is 1.30. The van der Waals surface area contributed by atoms with Gasteiger partial charge in [0.05, 0.1) is 0 Å². The zero-order valence-corrected chi connectivity index (χ0v) is 5.64. The van der Waals surface area contributed by atoms with Crippen molar-refractivity contribution in [2.75, 3.05) is 6.61 Å². The molecular formula is C2H7ClO3Si. The van der Waals surface area contributed by atoms with Crippen molar-refractivity contribution < 1.29 is 14.0 Å². The first kappa shape index (κ1) is 7.39. The molecule has 5 heteroatoms. The Morgan fingerprint density at radius 1 is 1.71 bits per heavy atom. The smallest absolute Gasteiger partial charge is 0.378 e. The van der Waals surface area contributed by atoms with Crippen LogP contribution in [0.1, 0.15) is 6.92 Å². The van der Waals surface area contributed by atoms with E-state index in [-0.39, 0.29) is 6.61 Å². The lowest BCUT2D eigenvalue weighted by molar-refractivity contribution is 0.182. The Morgan fingerprint density at radius 2 is 2.14 bits per heavy atom. The van der Waals surface area contributed by atoms with E-state index in [2.05, 4.69) is 4.43 Å². The summed E-state index contributed by atoms with van der Waals surface area (Å²) >= 11 is 4.86. The molecule has 0 bridgehead atoms. The van der Waals surface area contributed by atoms with Gasteiger partial charge in [0.25, 0.3) is 0 Å². The van der Waals surface area contributed by atoms with Gasteiger partial charge in [0.2, 0.25) is 0 Å². The molecule has 0 saturated carbocycles. The van der Waals surface area contributed by atoms with E-state index in [0.717, 1.165) is 0 Å². The fraction of sp³-hybridized carbons (Fsp3) is 1.00. The van der Waals surface area contributed by atoms with Gasteiger partial charge in [-0.15, -0.1) is 0 Å². The Kier molecular flexibility index (Phi) is 2.78. The number of hydrogen-bond donors (Lipinski definition) is 2. The van der Waals surface area contributed by atoms with Gasteiger partial charge in [-0.25, -0.2) is 0 Å². The van der Waals surface area contributed by atoms with E-state index in [1.807, 2.05) is 0 Å². The van der Waals surface area contributed by atoms with Crippen molar-refractivity contribution >= 4 is 19.2 Å². The first-order valence-electron chi connectivity index (χ1n) is 1.84. The lowest BCUT2D eigenvalue weighted by Gasteiger charge is -2.04. The molecule has 0 aromatic heterocycles. The van der Waals surface area contributed by atoms with E-state index in [1.165, 1.54) is 0 Å². The lowest BCUT2D eigenvalue weighted by atomic mass is 10.9. The molecule has 0 amide bonds. The third kappa shape index (κ3) is 6.39. The molecule has 0 unspecified atom stereocenters. The van der Waals surface area contributed by atoms with Gasteiger partial charge in [0, 0.05) is 6.61 Å². The summed E-state index contributed by atoms with van der Waals surface area (Å²) in [5, 5.41) is 0. The quantitative estimate of drug-likeness (QED) is 0.411. The van der Waals surface area contributed by atoms with Crippen molar-refractivity contribution in [1.29, 1.82) is 0 Å². The zero-order valence-electron chi connectivity index (χ0n) is 3.89. The van der Waals surface area contributed by atoms with Crippen LogP contribution in [0, 0.1) is 0 Å². The molecule has 0 spiro atoms. The molecule has 0 fully saturated rings. The fourth-order valence-corrected chi connectivity index (χ4v) is 0.878. The molecule has 0 aliphatic rings. The molecule has 0 aromatic rings. The van der Waals surface area contributed by atoms with E-state index in [1.54, 1.807) is 6.92 Å². The maximum atomic E-state index is 8.26. The van der Waals surface area contributed by atoms with Gasteiger partial charge in [-0.1, -0.05) is 11.1 Å². The van der Waals surface area contributed by atoms with E-state index >= 15 is 0 Å². The normalized spacial score (nSPS) is 12.0. The van der Waals surface area contributed by atoms with Gasteiger partial charge in [0.1, 0.15) is 0 Å². The highest BCUT2D eigenvalue weighted by molar-refractivity contribution is 7.07. The molecule has 2 N–H and O–H groups in total. The maximum Gasteiger partial charge on any atom is 0.607 e. The summed E-state index contributed by atoms with van der Waals surface area (Å²) in [5.41, 5.74) is 0. The van der Waals surface area contributed by atoms with Crippen LogP contribution in [-0.4, -0.2) is 24.3 Å². The molecule has 0 heterocycles. The van der Waals surface area contributed by atoms with Crippen LogP contribution in [-0.2, 0) is 4.43 Å². The van der Waals surface area contributed by atoms with E-state index in [4.69, 9.17) is 20.7 Å². The molecular weight excluding hydrogens is 136 g/mol. The van der Waals surface area contributed by atoms with Crippen molar-refractivity contribution in [3.63, 3.8) is 0 Å². The summed E-state index contributed by atoms with van der Waals surface area (Å²) in [6.07, 6.45) is 0. The van der Waals surface area contributed by atoms with Gasteiger partial charge >= 0.3 is 8.11 Å². The standard InChI is InChI=1S/C2H7ClO3Si/c1-2-6-7(3,4)5/h4-5H,2H2,1H3. The fourth-order valence-electron chi connectivity index (χ4n) is 0.184. The van der Waals surface area contributed by atoms with Crippen LogP contribution in [0.5, 0.6) is 0 Å². The highest BCUT2D eigenvalue weighted by atomic mass is 35.6. The highest BCUT2D eigenvalue weighted by Gasteiger charge is 2.27. The Morgan fingerprint density at radius 3 is 2.14 bits per heavy atom. The molecule has 3 nitrogen and oxygen atoms in total. The Hall–Kier alpha value is 0.387. The number of rotatable bonds is 2. The van der Waals surface area contributed by atoms with Crippen LogP contribution in [0.2, 0.25) is 0 Å². The van der Waals surface area contributed by atoms with E-state index in [0.29, 0.717) is 0 Å².